The van der Waals surface area contributed by atoms with Gasteiger partial charge < -0.3 is 5.32 Å². The summed E-state index contributed by atoms with van der Waals surface area (Å²) in [6, 6.07) is 2.47. The van der Waals surface area contributed by atoms with E-state index in [1.54, 1.807) is 0 Å². The van der Waals surface area contributed by atoms with Gasteiger partial charge in [-0.15, -0.1) is 0 Å². The number of amides is 3. The number of benzene rings is 1. The van der Waals surface area contributed by atoms with Crippen LogP contribution in [0.5, 0.6) is 0 Å². The minimum Gasteiger partial charge on any atom is -0.324 e. The zero-order chi connectivity index (χ0) is 22.2. The Balaban J connectivity index is 1.87. The van der Waals surface area contributed by atoms with Crippen molar-refractivity contribution in [3.63, 3.8) is 0 Å². The van der Waals surface area contributed by atoms with Crippen molar-refractivity contribution in [1.29, 1.82) is 0 Å². The number of nitrogens with zero attached hydrogens (tertiary/aromatic N) is 1. The molecule has 0 radical (unpaired) electrons. The molecule has 0 aromatic heterocycles. The van der Waals surface area contributed by atoms with Crippen molar-refractivity contribution in [1.82, 2.24) is 4.90 Å². The monoisotopic (exact) mass is 422 g/mol. The Hall–Kier alpha value is -2.64. The lowest BCUT2D eigenvalue weighted by Crippen LogP contribution is -2.48. The lowest BCUT2D eigenvalue weighted by molar-refractivity contribution is -0.147. The van der Waals surface area contributed by atoms with Crippen molar-refractivity contribution in [2.24, 2.45) is 17.8 Å². The normalized spacial score (nSPS) is 22.4. The summed E-state index contributed by atoms with van der Waals surface area (Å²) in [7, 11) is 0. The third-order valence-electron chi connectivity index (χ3n) is 5.66. The highest BCUT2D eigenvalue weighted by molar-refractivity contribution is 6.10. The van der Waals surface area contributed by atoms with Gasteiger partial charge in [0.15, 0.2) is 0 Å². The predicted molar refractivity (Wildman–Crippen MR) is 105 cm³/mol. The standard InChI is InChI=1S/C22H25F3N2O3/c1-12(2)10-18(27-20(29)15-6-4-5-7-16(15)21(27)30)19(28)26-14-9-8-13(3)17(11-14)22(23,24)25/h4-5,8-9,11-12,15-16,18H,6-7,10H2,1-3H3,(H,26,28). The molecular weight excluding hydrogens is 397 g/mol. The Morgan fingerprint density at radius 3 is 2.20 bits per heavy atom. The molecule has 3 amide bonds. The lowest BCUT2D eigenvalue weighted by atomic mass is 9.85. The first-order valence-corrected chi connectivity index (χ1v) is 10.0. The molecule has 162 valence electrons. The van der Waals surface area contributed by atoms with E-state index in [-0.39, 0.29) is 35.4 Å². The van der Waals surface area contributed by atoms with E-state index in [9.17, 15) is 27.6 Å². The summed E-state index contributed by atoms with van der Waals surface area (Å²) in [5.41, 5.74) is -0.823. The number of carbonyl (C=O) groups is 3. The fourth-order valence-electron chi connectivity index (χ4n) is 4.14. The topological polar surface area (TPSA) is 66.5 Å². The van der Waals surface area contributed by atoms with Crippen LogP contribution in [0.4, 0.5) is 18.9 Å². The number of nitrogens with one attached hydrogen (secondary N) is 1. The van der Waals surface area contributed by atoms with E-state index in [0.29, 0.717) is 12.8 Å². The van der Waals surface area contributed by atoms with Crippen molar-refractivity contribution in [3.8, 4) is 0 Å². The number of hydrogen-bond acceptors (Lipinski definition) is 3. The fraction of sp³-hybridized carbons (Fsp3) is 0.500. The smallest absolute Gasteiger partial charge is 0.324 e. The number of rotatable bonds is 5. The molecule has 1 saturated heterocycles. The second-order valence-electron chi connectivity index (χ2n) is 8.36. The summed E-state index contributed by atoms with van der Waals surface area (Å²) < 4.78 is 39.6. The zero-order valence-corrected chi connectivity index (χ0v) is 17.1. The summed E-state index contributed by atoms with van der Waals surface area (Å²) in [6.07, 6.45) is 0.305. The van der Waals surface area contributed by atoms with Crippen LogP contribution in [0.1, 0.15) is 44.2 Å². The molecule has 1 aliphatic heterocycles. The Kier molecular flexibility index (Phi) is 6.06. The van der Waals surface area contributed by atoms with Gasteiger partial charge in [0.05, 0.1) is 17.4 Å². The van der Waals surface area contributed by atoms with Crippen LogP contribution in [0, 0.1) is 24.7 Å². The van der Waals surface area contributed by atoms with Crippen LogP contribution in [-0.4, -0.2) is 28.7 Å². The first-order valence-electron chi connectivity index (χ1n) is 10.0. The fourth-order valence-corrected chi connectivity index (χ4v) is 4.14. The number of anilines is 1. The van der Waals surface area contributed by atoms with Gasteiger partial charge in [0.25, 0.3) is 0 Å². The van der Waals surface area contributed by atoms with Gasteiger partial charge in [0.2, 0.25) is 17.7 Å². The van der Waals surface area contributed by atoms with E-state index < -0.39 is 35.5 Å². The van der Waals surface area contributed by atoms with E-state index >= 15 is 0 Å². The first-order chi connectivity index (χ1) is 14.0. The molecule has 3 unspecified atom stereocenters. The molecule has 1 fully saturated rings. The average Bonchev–Trinajstić information content (AvgIpc) is 2.91. The molecule has 1 N–H and O–H groups in total. The molecule has 2 aliphatic rings. The van der Waals surface area contributed by atoms with E-state index in [2.05, 4.69) is 5.32 Å². The van der Waals surface area contributed by atoms with Crippen LogP contribution in [0.3, 0.4) is 0 Å². The summed E-state index contributed by atoms with van der Waals surface area (Å²) in [5.74, 6) is -2.37. The van der Waals surface area contributed by atoms with Crippen LogP contribution in [0.2, 0.25) is 0 Å². The highest BCUT2D eigenvalue weighted by Crippen LogP contribution is 2.37. The molecule has 5 nitrogen and oxygen atoms in total. The maximum absolute atomic E-state index is 13.2. The second kappa shape index (κ2) is 8.24. The lowest BCUT2D eigenvalue weighted by Gasteiger charge is -2.27. The first kappa shape index (κ1) is 22.1. The van der Waals surface area contributed by atoms with Crippen molar-refractivity contribution >= 4 is 23.4 Å². The molecule has 1 heterocycles. The minimum atomic E-state index is -4.55. The molecule has 0 saturated carbocycles. The third-order valence-corrected chi connectivity index (χ3v) is 5.66. The molecule has 8 heteroatoms. The number of allylic oxidation sites excluding steroid dienone is 2. The third kappa shape index (κ3) is 4.27. The SMILES string of the molecule is Cc1ccc(NC(=O)C(CC(C)C)N2C(=O)C3CC=CCC3C2=O)cc1C(F)(F)F. The van der Waals surface area contributed by atoms with Crippen LogP contribution in [-0.2, 0) is 20.6 Å². The molecule has 30 heavy (non-hydrogen) atoms. The van der Waals surface area contributed by atoms with Gasteiger partial charge in [0.1, 0.15) is 6.04 Å². The highest BCUT2D eigenvalue weighted by atomic mass is 19.4. The van der Waals surface area contributed by atoms with Crippen molar-refractivity contribution < 1.29 is 27.6 Å². The minimum absolute atomic E-state index is 0.00847. The van der Waals surface area contributed by atoms with Gasteiger partial charge in [-0.3, -0.25) is 19.3 Å². The summed E-state index contributed by atoms with van der Waals surface area (Å²) in [4.78, 5) is 39.9. The number of halogens is 3. The van der Waals surface area contributed by atoms with Gasteiger partial charge in [-0.05, 0) is 49.8 Å². The Bertz CT molecular complexity index is 866. The number of hydrogen-bond donors (Lipinski definition) is 1. The number of aryl methyl sites for hydroxylation is 1. The van der Waals surface area contributed by atoms with E-state index in [0.717, 1.165) is 11.0 Å². The van der Waals surface area contributed by atoms with Crippen molar-refractivity contribution in [2.75, 3.05) is 5.32 Å². The van der Waals surface area contributed by atoms with E-state index in [4.69, 9.17) is 0 Å². The van der Waals surface area contributed by atoms with Gasteiger partial charge in [0, 0.05) is 5.69 Å². The van der Waals surface area contributed by atoms with Gasteiger partial charge >= 0.3 is 6.18 Å². The van der Waals surface area contributed by atoms with Crippen molar-refractivity contribution in [3.05, 3.63) is 41.5 Å². The quantitative estimate of drug-likeness (QED) is 0.568. The van der Waals surface area contributed by atoms with E-state index in [1.807, 2.05) is 26.0 Å². The largest absolute Gasteiger partial charge is 0.416 e. The molecule has 0 spiro atoms. The van der Waals surface area contributed by atoms with Gasteiger partial charge in [-0.1, -0.05) is 32.1 Å². The zero-order valence-electron chi connectivity index (χ0n) is 17.1. The Morgan fingerprint density at radius 1 is 1.13 bits per heavy atom. The highest BCUT2D eigenvalue weighted by Gasteiger charge is 2.51. The van der Waals surface area contributed by atoms with Gasteiger partial charge in [-0.25, -0.2) is 0 Å². The van der Waals surface area contributed by atoms with E-state index in [1.165, 1.54) is 19.1 Å². The summed E-state index contributed by atoms with van der Waals surface area (Å²) >= 11 is 0. The molecule has 1 aliphatic carbocycles. The average molecular weight is 422 g/mol. The summed E-state index contributed by atoms with van der Waals surface area (Å²) in [6.45, 7) is 5.05. The maximum atomic E-state index is 13.2. The van der Waals surface area contributed by atoms with Gasteiger partial charge in [-0.2, -0.15) is 13.2 Å². The van der Waals surface area contributed by atoms with Crippen LogP contribution in [0.15, 0.2) is 30.4 Å². The molecule has 0 bridgehead atoms. The number of likely N-dealkylation sites (tertiary alicyclic amines) is 1. The molecular formula is C22H25F3N2O3. The number of carbonyl (C=O) groups excluding carboxylic acids is 3. The Morgan fingerprint density at radius 2 is 1.70 bits per heavy atom. The molecule has 1 aromatic rings. The second-order valence-corrected chi connectivity index (χ2v) is 8.36. The van der Waals surface area contributed by atoms with Crippen molar-refractivity contribution in [2.45, 2.75) is 52.3 Å². The summed E-state index contributed by atoms with van der Waals surface area (Å²) in [5, 5.41) is 2.49. The number of alkyl halides is 3. The molecule has 3 atom stereocenters. The number of imide groups is 1. The van der Waals surface area contributed by atoms with Crippen LogP contribution in [0.25, 0.3) is 0 Å². The maximum Gasteiger partial charge on any atom is 0.416 e. The Labute approximate surface area is 173 Å². The molecule has 3 rings (SSSR count). The van der Waals surface area contributed by atoms with Crippen LogP contribution < -0.4 is 5.32 Å². The predicted octanol–water partition coefficient (Wildman–Crippen LogP) is 4.32. The number of fused-ring (bicyclic) bond motifs is 1. The molecule has 1 aromatic carbocycles. The van der Waals surface area contributed by atoms with Crippen LogP contribution >= 0.6 is 0 Å².